The number of rotatable bonds is 1. The van der Waals surface area contributed by atoms with Gasteiger partial charge in [-0.05, 0) is 31.9 Å². The zero-order chi connectivity index (χ0) is 14.4. The molecule has 1 aliphatic heterocycles. The molecule has 2 heterocycles. The second kappa shape index (κ2) is 4.37. The van der Waals surface area contributed by atoms with Gasteiger partial charge >= 0.3 is 0 Å². The first-order valence-electron chi connectivity index (χ1n) is 6.70. The van der Waals surface area contributed by atoms with Crippen LogP contribution in [0.25, 0.3) is 0 Å². The molecular formula is C15H18N4O. The summed E-state index contributed by atoms with van der Waals surface area (Å²) in [6.07, 6.45) is 0.852. The van der Waals surface area contributed by atoms with E-state index in [4.69, 9.17) is 5.73 Å². The number of nitrogen functional groups attached to an aromatic ring is 1. The van der Waals surface area contributed by atoms with E-state index in [1.165, 1.54) is 0 Å². The number of carbonyl (C=O) groups excluding carboxylic acids is 1. The third-order valence-corrected chi connectivity index (χ3v) is 3.99. The fourth-order valence-electron chi connectivity index (χ4n) is 2.91. The standard InChI is InChI=1S/C15H18N4O/c1-9-13(10(2)18(3)17-9)15(20)19-8-7-11-5-4-6-12(16)14(11)19/h4-6H,7-8,16H2,1-3H3. The molecule has 0 bridgehead atoms. The van der Waals surface area contributed by atoms with Crippen molar-refractivity contribution in [3.63, 3.8) is 0 Å². The number of hydrogen-bond acceptors (Lipinski definition) is 3. The minimum atomic E-state index is -0.00949. The fourth-order valence-corrected chi connectivity index (χ4v) is 2.91. The molecule has 3 rings (SSSR count). The van der Waals surface area contributed by atoms with Gasteiger partial charge in [-0.3, -0.25) is 9.48 Å². The molecule has 5 heteroatoms. The van der Waals surface area contributed by atoms with Crippen molar-refractivity contribution in [1.82, 2.24) is 9.78 Å². The Labute approximate surface area is 118 Å². The average molecular weight is 270 g/mol. The van der Waals surface area contributed by atoms with Crippen molar-refractivity contribution in [3.8, 4) is 0 Å². The van der Waals surface area contributed by atoms with Crippen molar-refractivity contribution in [2.75, 3.05) is 17.2 Å². The van der Waals surface area contributed by atoms with Gasteiger partial charge in [0.1, 0.15) is 0 Å². The molecule has 5 nitrogen and oxygen atoms in total. The number of aromatic nitrogens is 2. The predicted molar refractivity (Wildman–Crippen MR) is 78.9 cm³/mol. The normalized spacial score (nSPS) is 13.7. The summed E-state index contributed by atoms with van der Waals surface area (Å²) in [5.41, 5.74) is 11.0. The van der Waals surface area contributed by atoms with Gasteiger partial charge in [-0.25, -0.2) is 0 Å². The Kier molecular flexibility index (Phi) is 2.78. The van der Waals surface area contributed by atoms with Crippen molar-refractivity contribution >= 4 is 17.3 Å². The van der Waals surface area contributed by atoms with Crippen LogP contribution in [0, 0.1) is 13.8 Å². The van der Waals surface area contributed by atoms with E-state index >= 15 is 0 Å². The molecule has 1 aromatic heterocycles. The maximum Gasteiger partial charge on any atom is 0.262 e. The first kappa shape index (κ1) is 12.7. The summed E-state index contributed by atoms with van der Waals surface area (Å²) in [4.78, 5) is 14.6. The Bertz CT molecular complexity index is 702. The van der Waals surface area contributed by atoms with Crippen molar-refractivity contribution in [2.45, 2.75) is 20.3 Å². The molecular weight excluding hydrogens is 252 g/mol. The van der Waals surface area contributed by atoms with Crippen molar-refractivity contribution in [1.29, 1.82) is 0 Å². The van der Waals surface area contributed by atoms with Crippen LogP contribution in [0.1, 0.15) is 27.3 Å². The molecule has 20 heavy (non-hydrogen) atoms. The van der Waals surface area contributed by atoms with Crippen LogP contribution in [0.15, 0.2) is 18.2 Å². The van der Waals surface area contributed by atoms with Crippen LogP contribution in [0.5, 0.6) is 0 Å². The minimum Gasteiger partial charge on any atom is -0.397 e. The van der Waals surface area contributed by atoms with Crippen LogP contribution in [0.4, 0.5) is 11.4 Å². The second-order valence-corrected chi connectivity index (χ2v) is 5.23. The number of nitrogens with two attached hydrogens (primary N) is 1. The van der Waals surface area contributed by atoms with Gasteiger partial charge in [0.2, 0.25) is 0 Å². The number of nitrogens with zero attached hydrogens (tertiary/aromatic N) is 3. The zero-order valence-corrected chi connectivity index (χ0v) is 12.0. The summed E-state index contributed by atoms with van der Waals surface area (Å²) >= 11 is 0. The number of hydrogen-bond donors (Lipinski definition) is 1. The Hall–Kier alpha value is -2.30. The van der Waals surface area contributed by atoms with Gasteiger partial charge in [-0.15, -0.1) is 0 Å². The number of aryl methyl sites for hydroxylation is 2. The predicted octanol–water partition coefficient (Wildman–Crippen LogP) is 1.82. The highest BCUT2D eigenvalue weighted by Gasteiger charge is 2.30. The number of para-hydroxylation sites is 1. The quantitative estimate of drug-likeness (QED) is 0.804. The molecule has 0 spiro atoms. The van der Waals surface area contributed by atoms with Crippen LogP contribution in [0.3, 0.4) is 0 Å². The number of benzene rings is 1. The van der Waals surface area contributed by atoms with E-state index in [1.807, 2.05) is 39.1 Å². The van der Waals surface area contributed by atoms with E-state index in [-0.39, 0.29) is 5.91 Å². The van der Waals surface area contributed by atoms with E-state index < -0.39 is 0 Å². The Morgan fingerprint density at radius 1 is 1.35 bits per heavy atom. The molecule has 1 aliphatic rings. The number of carbonyl (C=O) groups is 1. The summed E-state index contributed by atoms with van der Waals surface area (Å²) in [5, 5.41) is 4.32. The monoisotopic (exact) mass is 270 g/mol. The number of amides is 1. The summed E-state index contributed by atoms with van der Waals surface area (Å²) in [6, 6.07) is 5.80. The summed E-state index contributed by atoms with van der Waals surface area (Å²) in [6.45, 7) is 4.46. The fraction of sp³-hybridized carbons (Fsp3) is 0.333. The molecule has 0 fully saturated rings. The molecule has 0 aliphatic carbocycles. The van der Waals surface area contributed by atoms with Gasteiger partial charge in [0.15, 0.2) is 0 Å². The highest BCUT2D eigenvalue weighted by Crippen LogP contribution is 2.35. The molecule has 1 amide bonds. The van der Waals surface area contributed by atoms with E-state index in [0.717, 1.165) is 29.1 Å². The van der Waals surface area contributed by atoms with Gasteiger partial charge < -0.3 is 10.6 Å². The summed E-state index contributed by atoms with van der Waals surface area (Å²) in [5.74, 6) is -0.00949. The van der Waals surface area contributed by atoms with E-state index in [2.05, 4.69) is 5.10 Å². The summed E-state index contributed by atoms with van der Waals surface area (Å²) < 4.78 is 1.74. The van der Waals surface area contributed by atoms with Crippen LogP contribution < -0.4 is 10.6 Å². The number of fused-ring (bicyclic) bond motifs is 1. The lowest BCUT2D eigenvalue weighted by atomic mass is 10.1. The third kappa shape index (κ3) is 1.70. The maximum atomic E-state index is 12.8. The Morgan fingerprint density at radius 3 is 2.75 bits per heavy atom. The largest absolute Gasteiger partial charge is 0.397 e. The lowest BCUT2D eigenvalue weighted by Gasteiger charge is -2.19. The lowest BCUT2D eigenvalue weighted by molar-refractivity contribution is 0.0988. The SMILES string of the molecule is Cc1nn(C)c(C)c1C(=O)N1CCc2cccc(N)c21. The molecule has 104 valence electrons. The second-order valence-electron chi connectivity index (χ2n) is 5.23. The van der Waals surface area contributed by atoms with Crippen LogP contribution in [-0.2, 0) is 13.5 Å². The smallest absolute Gasteiger partial charge is 0.262 e. The van der Waals surface area contributed by atoms with Gasteiger partial charge in [0.05, 0.1) is 22.6 Å². The summed E-state index contributed by atoms with van der Waals surface area (Å²) in [7, 11) is 1.85. The first-order valence-corrected chi connectivity index (χ1v) is 6.70. The van der Waals surface area contributed by atoms with Gasteiger partial charge in [0, 0.05) is 19.3 Å². The van der Waals surface area contributed by atoms with Gasteiger partial charge in [0.25, 0.3) is 5.91 Å². The molecule has 0 atom stereocenters. The highest BCUT2D eigenvalue weighted by molar-refractivity contribution is 6.10. The van der Waals surface area contributed by atoms with E-state index in [9.17, 15) is 4.79 Å². The van der Waals surface area contributed by atoms with Crippen molar-refractivity contribution in [2.24, 2.45) is 7.05 Å². The molecule has 2 aromatic rings. The molecule has 0 unspecified atom stereocenters. The molecule has 1 aromatic carbocycles. The van der Waals surface area contributed by atoms with E-state index in [0.29, 0.717) is 17.8 Å². The first-order chi connectivity index (χ1) is 9.50. The topological polar surface area (TPSA) is 64.2 Å². The molecule has 0 radical (unpaired) electrons. The zero-order valence-electron chi connectivity index (χ0n) is 12.0. The third-order valence-electron chi connectivity index (χ3n) is 3.99. The Balaban J connectivity index is 2.07. The lowest BCUT2D eigenvalue weighted by Crippen LogP contribution is -2.30. The maximum absolute atomic E-state index is 12.8. The average Bonchev–Trinajstić information content (AvgIpc) is 2.93. The molecule has 2 N–H and O–H groups in total. The van der Waals surface area contributed by atoms with Crippen LogP contribution in [-0.4, -0.2) is 22.2 Å². The van der Waals surface area contributed by atoms with Crippen LogP contribution in [0.2, 0.25) is 0 Å². The molecule has 0 saturated heterocycles. The van der Waals surface area contributed by atoms with Crippen LogP contribution >= 0.6 is 0 Å². The Morgan fingerprint density at radius 2 is 2.10 bits per heavy atom. The van der Waals surface area contributed by atoms with Crippen molar-refractivity contribution < 1.29 is 4.79 Å². The van der Waals surface area contributed by atoms with Crippen molar-refractivity contribution in [3.05, 3.63) is 40.7 Å². The number of anilines is 2. The van der Waals surface area contributed by atoms with Gasteiger partial charge in [-0.1, -0.05) is 12.1 Å². The highest BCUT2D eigenvalue weighted by atomic mass is 16.2. The van der Waals surface area contributed by atoms with E-state index in [1.54, 1.807) is 9.58 Å². The van der Waals surface area contributed by atoms with Gasteiger partial charge in [-0.2, -0.15) is 5.10 Å². The minimum absolute atomic E-state index is 0.00949. The molecule has 0 saturated carbocycles.